The van der Waals surface area contributed by atoms with Crippen LogP contribution < -0.4 is 0 Å². The molecule has 1 aromatic heterocycles. The minimum atomic E-state index is -0.296. The molecule has 2 aliphatic rings. The Kier molecular flexibility index (Phi) is 5.21. The van der Waals surface area contributed by atoms with Crippen LogP contribution >= 0.6 is 11.8 Å². The first-order chi connectivity index (χ1) is 13.1. The maximum absolute atomic E-state index is 14.2. The number of nitrogens with zero attached hydrogens (tertiary/aromatic N) is 4. The molecule has 1 aromatic carbocycles. The van der Waals surface area contributed by atoms with E-state index in [2.05, 4.69) is 24.0 Å². The van der Waals surface area contributed by atoms with Crippen LogP contribution in [0.2, 0.25) is 0 Å². The Hall–Kier alpha value is -1.89. The highest BCUT2D eigenvalue weighted by atomic mass is 32.2. The van der Waals surface area contributed by atoms with Crippen molar-refractivity contribution < 1.29 is 9.18 Å². The van der Waals surface area contributed by atoms with E-state index in [0.717, 1.165) is 25.7 Å². The summed E-state index contributed by atoms with van der Waals surface area (Å²) in [6, 6.07) is 7.53. The highest BCUT2D eigenvalue weighted by Gasteiger charge is 2.32. The van der Waals surface area contributed by atoms with Gasteiger partial charge in [0.05, 0.1) is 11.3 Å². The molecule has 0 radical (unpaired) electrons. The number of thioether (sulfide) groups is 1. The minimum absolute atomic E-state index is 0.150. The molecule has 1 aliphatic heterocycles. The molecule has 0 spiro atoms. The number of rotatable bonds is 5. The number of carbonyl (C=O) groups excluding carboxylic acids is 1. The fourth-order valence-electron chi connectivity index (χ4n) is 3.98. The molecule has 1 amide bonds. The summed E-state index contributed by atoms with van der Waals surface area (Å²) in [5.41, 5.74) is 0.466. The van der Waals surface area contributed by atoms with Crippen molar-refractivity contribution >= 4 is 17.7 Å². The number of hydrogen-bond donors (Lipinski definition) is 0. The fourth-order valence-corrected chi connectivity index (χ4v) is 4.85. The van der Waals surface area contributed by atoms with Crippen LogP contribution in [0.25, 0.3) is 11.4 Å². The summed E-state index contributed by atoms with van der Waals surface area (Å²) < 4.78 is 16.3. The van der Waals surface area contributed by atoms with Crippen LogP contribution in [0.4, 0.5) is 4.39 Å². The summed E-state index contributed by atoms with van der Waals surface area (Å²) in [5, 5.41) is 9.25. The van der Waals surface area contributed by atoms with Gasteiger partial charge in [-0.15, -0.1) is 10.2 Å². The largest absolute Gasteiger partial charge is 0.337 e. The molecule has 1 saturated carbocycles. The molecule has 5 nitrogen and oxygen atoms in total. The van der Waals surface area contributed by atoms with Crippen LogP contribution in [0.1, 0.15) is 52.0 Å². The number of aromatic nitrogens is 3. The van der Waals surface area contributed by atoms with Gasteiger partial charge < -0.3 is 4.90 Å². The maximum Gasteiger partial charge on any atom is 0.233 e. The summed E-state index contributed by atoms with van der Waals surface area (Å²) in [6.07, 6.45) is 5.40. The first-order valence-corrected chi connectivity index (χ1v) is 10.7. The minimum Gasteiger partial charge on any atom is -0.337 e. The molecule has 2 atom stereocenters. The molecule has 1 aliphatic carbocycles. The SMILES string of the molecule is C[C@@H]1CCC[C@@H](C)N1C(=O)CSc1nnc(-c2ccccc2F)n1C1CC1. The third-order valence-corrected chi connectivity index (χ3v) is 6.43. The normalized spacial score (nSPS) is 22.9. The molecule has 2 heterocycles. The highest BCUT2D eigenvalue weighted by Crippen LogP contribution is 2.41. The second-order valence-electron chi connectivity index (χ2n) is 7.61. The third kappa shape index (κ3) is 3.74. The Balaban J connectivity index is 1.53. The molecule has 144 valence electrons. The topological polar surface area (TPSA) is 51.0 Å². The van der Waals surface area contributed by atoms with Gasteiger partial charge >= 0.3 is 0 Å². The average Bonchev–Trinajstić information content (AvgIpc) is 3.40. The monoisotopic (exact) mass is 388 g/mol. The molecule has 0 unspecified atom stereocenters. The van der Waals surface area contributed by atoms with Crippen molar-refractivity contribution in [2.24, 2.45) is 0 Å². The summed E-state index contributed by atoms with van der Waals surface area (Å²) in [7, 11) is 0. The van der Waals surface area contributed by atoms with Crippen LogP contribution in [0.3, 0.4) is 0 Å². The van der Waals surface area contributed by atoms with Crippen molar-refractivity contribution in [3.63, 3.8) is 0 Å². The third-order valence-electron chi connectivity index (χ3n) is 5.50. The number of likely N-dealkylation sites (tertiary alicyclic amines) is 1. The van der Waals surface area contributed by atoms with Gasteiger partial charge in [-0.3, -0.25) is 9.36 Å². The Morgan fingerprint density at radius 3 is 2.52 bits per heavy atom. The second-order valence-corrected chi connectivity index (χ2v) is 8.55. The number of piperidine rings is 1. The lowest BCUT2D eigenvalue weighted by Gasteiger charge is -2.39. The lowest BCUT2D eigenvalue weighted by atomic mass is 9.98. The van der Waals surface area contributed by atoms with E-state index in [9.17, 15) is 9.18 Å². The van der Waals surface area contributed by atoms with Crippen LogP contribution in [0.15, 0.2) is 29.4 Å². The molecular weight excluding hydrogens is 363 g/mol. The Bertz CT molecular complexity index is 825. The Morgan fingerprint density at radius 2 is 1.85 bits per heavy atom. The summed E-state index contributed by atoms with van der Waals surface area (Å²) in [4.78, 5) is 14.8. The van der Waals surface area contributed by atoms with Gasteiger partial charge in [-0.2, -0.15) is 0 Å². The molecule has 1 saturated heterocycles. The van der Waals surface area contributed by atoms with Crippen LogP contribution in [-0.4, -0.2) is 43.4 Å². The number of hydrogen-bond acceptors (Lipinski definition) is 4. The van der Waals surface area contributed by atoms with Crippen LogP contribution in [-0.2, 0) is 4.79 Å². The van der Waals surface area contributed by atoms with Gasteiger partial charge in [0.1, 0.15) is 5.82 Å². The van der Waals surface area contributed by atoms with Crippen molar-refractivity contribution in [3.8, 4) is 11.4 Å². The van der Waals surface area contributed by atoms with Gasteiger partial charge in [0.25, 0.3) is 0 Å². The summed E-state index contributed by atoms with van der Waals surface area (Å²) in [6.45, 7) is 4.25. The highest BCUT2D eigenvalue weighted by molar-refractivity contribution is 7.99. The van der Waals surface area contributed by atoms with E-state index in [4.69, 9.17) is 0 Å². The summed E-state index contributed by atoms with van der Waals surface area (Å²) in [5.74, 6) is 0.759. The van der Waals surface area contributed by atoms with E-state index < -0.39 is 0 Å². The van der Waals surface area contributed by atoms with Crippen molar-refractivity contribution in [1.29, 1.82) is 0 Å². The standard InChI is InChI=1S/C20H25FN4OS/c1-13-6-5-7-14(2)24(13)18(26)12-27-20-23-22-19(25(20)15-10-11-15)16-8-3-4-9-17(16)21/h3-4,8-9,13-15H,5-7,10-12H2,1-2H3/t13-,14-/m1/s1. The van der Waals surface area contributed by atoms with Gasteiger partial charge in [-0.05, 0) is 58.1 Å². The lowest BCUT2D eigenvalue weighted by Crippen LogP contribution is -2.48. The lowest BCUT2D eigenvalue weighted by molar-refractivity contribution is -0.134. The van der Waals surface area contributed by atoms with Gasteiger partial charge in [0.2, 0.25) is 5.91 Å². The van der Waals surface area contributed by atoms with E-state index in [-0.39, 0.29) is 23.8 Å². The number of benzene rings is 1. The van der Waals surface area contributed by atoms with E-state index in [1.165, 1.54) is 24.2 Å². The predicted octanol–water partition coefficient (Wildman–Crippen LogP) is 4.30. The quantitative estimate of drug-likeness (QED) is 0.717. The van der Waals surface area contributed by atoms with Gasteiger partial charge in [0.15, 0.2) is 11.0 Å². The zero-order valence-electron chi connectivity index (χ0n) is 15.8. The molecular formula is C20H25FN4OS. The molecule has 7 heteroatoms. The van der Waals surface area contributed by atoms with E-state index >= 15 is 0 Å². The van der Waals surface area contributed by atoms with Crippen molar-refractivity contribution in [2.45, 2.75) is 69.2 Å². The van der Waals surface area contributed by atoms with Gasteiger partial charge in [-0.25, -0.2) is 4.39 Å². The maximum atomic E-state index is 14.2. The first-order valence-electron chi connectivity index (χ1n) is 9.70. The Labute approximate surface area is 163 Å². The average molecular weight is 389 g/mol. The first kappa shape index (κ1) is 18.5. The van der Waals surface area contributed by atoms with Crippen molar-refractivity contribution in [2.75, 3.05) is 5.75 Å². The fraction of sp³-hybridized carbons (Fsp3) is 0.550. The van der Waals surface area contributed by atoms with E-state index in [0.29, 0.717) is 28.3 Å². The van der Waals surface area contributed by atoms with E-state index in [1.807, 2.05) is 9.47 Å². The number of amides is 1. The van der Waals surface area contributed by atoms with Gasteiger partial charge in [0, 0.05) is 18.1 Å². The number of carbonyl (C=O) groups is 1. The molecule has 27 heavy (non-hydrogen) atoms. The zero-order chi connectivity index (χ0) is 19.0. The Morgan fingerprint density at radius 1 is 1.15 bits per heavy atom. The second kappa shape index (κ2) is 7.62. The van der Waals surface area contributed by atoms with Crippen molar-refractivity contribution in [3.05, 3.63) is 30.1 Å². The zero-order valence-corrected chi connectivity index (χ0v) is 16.6. The molecule has 2 aromatic rings. The van der Waals surface area contributed by atoms with Crippen molar-refractivity contribution in [1.82, 2.24) is 19.7 Å². The smallest absolute Gasteiger partial charge is 0.233 e. The van der Waals surface area contributed by atoms with Crippen LogP contribution in [0, 0.1) is 5.82 Å². The molecule has 4 rings (SSSR count). The van der Waals surface area contributed by atoms with Gasteiger partial charge in [-0.1, -0.05) is 23.9 Å². The predicted molar refractivity (Wildman–Crippen MR) is 104 cm³/mol. The number of halogens is 1. The molecule has 0 bridgehead atoms. The van der Waals surface area contributed by atoms with E-state index in [1.54, 1.807) is 18.2 Å². The summed E-state index contributed by atoms with van der Waals surface area (Å²) >= 11 is 1.42. The molecule has 0 N–H and O–H groups in total. The van der Waals surface area contributed by atoms with Crippen LogP contribution in [0.5, 0.6) is 0 Å². The molecule has 2 fully saturated rings.